The van der Waals surface area contributed by atoms with Crippen molar-refractivity contribution in [2.45, 2.75) is 0 Å². The van der Waals surface area contributed by atoms with Gasteiger partial charge < -0.3 is 4.74 Å². The second kappa shape index (κ2) is 5.29. The summed E-state index contributed by atoms with van der Waals surface area (Å²) in [5.74, 6) is 1.14. The molecule has 0 unspecified atom stereocenters. The van der Waals surface area contributed by atoms with Gasteiger partial charge in [-0.3, -0.25) is 0 Å². The van der Waals surface area contributed by atoms with Gasteiger partial charge in [-0.25, -0.2) is 9.97 Å². The Morgan fingerprint density at radius 1 is 1.25 bits per heavy atom. The standard InChI is InChI=1S/C10H5BrClIN2O/c11-8-9(12)14-5-15-10(8)16-7-4-2-1-3-6(7)13/h1-5H. The van der Waals surface area contributed by atoms with Crippen LogP contribution < -0.4 is 4.74 Å². The number of rotatable bonds is 2. The molecule has 0 amide bonds. The van der Waals surface area contributed by atoms with Crippen LogP contribution in [-0.2, 0) is 0 Å². The summed E-state index contributed by atoms with van der Waals surface area (Å²) in [5, 5.41) is 0.330. The van der Waals surface area contributed by atoms with E-state index in [2.05, 4.69) is 48.5 Å². The minimum absolute atomic E-state index is 0.330. The first kappa shape index (κ1) is 12.1. The average molecular weight is 411 g/mol. The zero-order valence-corrected chi connectivity index (χ0v) is 12.3. The Morgan fingerprint density at radius 3 is 2.75 bits per heavy atom. The number of para-hydroxylation sites is 1. The van der Waals surface area contributed by atoms with Gasteiger partial charge in [0.15, 0.2) is 5.15 Å². The fraction of sp³-hybridized carbons (Fsp3) is 0. The third kappa shape index (κ3) is 2.64. The topological polar surface area (TPSA) is 35.0 Å². The van der Waals surface area contributed by atoms with Crippen molar-refractivity contribution in [3.05, 3.63) is 43.8 Å². The SMILES string of the molecule is Clc1ncnc(Oc2ccccc2I)c1Br. The van der Waals surface area contributed by atoms with Crippen LogP contribution in [0.25, 0.3) is 0 Å². The molecule has 0 N–H and O–H groups in total. The molecule has 0 atom stereocenters. The summed E-state index contributed by atoms with van der Waals surface area (Å²) in [6.45, 7) is 0. The van der Waals surface area contributed by atoms with Gasteiger partial charge in [0.25, 0.3) is 0 Å². The number of hydrogen-bond acceptors (Lipinski definition) is 3. The normalized spacial score (nSPS) is 10.2. The van der Waals surface area contributed by atoms with Crippen LogP contribution in [0, 0.1) is 3.57 Å². The van der Waals surface area contributed by atoms with E-state index in [0.29, 0.717) is 15.5 Å². The van der Waals surface area contributed by atoms with Crippen LogP contribution in [0.5, 0.6) is 11.6 Å². The third-order valence-electron chi connectivity index (χ3n) is 1.76. The van der Waals surface area contributed by atoms with Crippen LogP contribution in [0.15, 0.2) is 35.1 Å². The van der Waals surface area contributed by atoms with Crippen molar-refractivity contribution >= 4 is 50.1 Å². The van der Waals surface area contributed by atoms with Crippen LogP contribution in [0.1, 0.15) is 0 Å². The molecule has 3 nitrogen and oxygen atoms in total. The van der Waals surface area contributed by atoms with Crippen LogP contribution in [-0.4, -0.2) is 9.97 Å². The fourth-order valence-electron chi connectivity index (χ4n) is 1.04. The summed E-state index contributed by atoms with van der Waals surface area (Å²) in [7, 11) is 0. The van der Waals surface area contributed by atoms with Crippen molar-refractivity contribution in [3.63, 3.8) is 0 Å². The van der Waals surface area contributed by atoms with Crippen LogP contribution in [0.4, 0.5) is 0 Å². The van der Waals surface area contributed by atoms with Crippen molar-refractivity contribution in [2.75, 3.05) is 0 Å². The van der Waals surface area contributed by atoms with Gasteiger partial charge in [0.05, 0.1) is 3.57 Å². The Labute approximate surface area is 119 Å². The molecule has 0 spiro atoms. The predicted molar refractivity (Wildman–Crippen MR) is 74.0 cm³/mol. The molecule has 0 aliphatic rings. The lowest BCUT2D eigenvalue weighted by molar-refractivity contribution is 0.455. The van der Waals surface area contributed by atoms with Crippen molar-refractivity contribution in [3.8, 4) is 11.6 Å². The van der Waals surface area contributed by atoms with Gasteiger partial charge in [-0.05, 0) is 50.7 Å². The van der Waals surface area contributed by atoms with Crippen LogP contribution in [0.3, 0.4) is 0 Å². The first-order valence-electron chi connectivity index (χ1n) is 4.27. The molecule has 0 aliphatic heterocycles. The van der Waals surface area contributed by atoms with E-state index in [0.717, 1.165) is 9.32 Å². The molecule has 2 rings (SSSR count). The summed E-state index contributed by atoms with van der Waals surface area (Å²) in [5.41, 5.74) is 0. The number of aromatic nitrogens is 2. The Morgan fingerprint density at radius 2 is 2.00 bits per heavy atom. The largest absolute Gasteiger partial charge is 0.437 e. The maximum Gasteiger partial charge on any atom is 0.238 e. The van der Waals surface area contributed by atoms with E-state index in [1.54, 1.807) is 0 Å². The van der Waals surface area contributed by atoms with E-state index in [9.17, 15) is 0 Å². The van der Waals surface area contributed by atoms with E-state index in [1.165, 1.54) is 6.33 Å². The third-order valence-corrected chi connectivity index (χ3v) is 3.88. The first-order valence-corrected chi connectivity index (χ1v) is 6.52. The van der Waals surface area contributed by atoms with E-state index in [-0.39, 0.29) is 0 Å². The van der Waals surface area contributed by atoms with E-state index < -0.39 is 0 Å². The summed E-state index contributed by atoms with van der Waals surface area (Å²) >= 11 is 11.3. The van der Waals surface area contributed by atoms with Crippen LogP contribution in [0.2, 0.25) is 5.15 Å². The molecule has 1 aromatic carbocycles. The number of benzene rings is 1. The minimum atomic E-state index is 0.330. The summed E-state index contributed by atoms with van der Waals surface area (Å²) < 4.78 is 7.18. The molecular weight excluding hydrogens is 406 g/mol. The quantitative estimate of drug-likeness (QED) is 0.546. The maximum absolute atomic E-state index is 5.84. The summed E-state index contributed by atoms with van der Waals surface area (Å²) in [6.07, 6.45) is 1.36. The van der Waals surface area contributed by atoms with Crippen molar-refractivity contribution < 1.29 is 4.74 Å². The molecular formula is C10H5BrClIN2O. The molecule has 1 heterocycles. The zero-order valence-electron chi connectivity index (χ0n) is 7.82. The molecule has 0 radical (unpaired) electrons. The lowest BCUT2D eigenvalue weighted by Gasteiger charge is -2.07. The number of ether oxygens (including phenoxy) is 1. The predicted octanol–water partition coefficient (Wildman–Crippen LogP) is 4.29. The smallest absolute Gasteiger partial charge is 0.238 e. The van der Waals surface area contributed by atoms with Gasteiger partial charge in [-0.2, -0.15) is 0 Å². The molecule has 6 heteroatoms. The lowest BCUT2D eigenvalue weighted by Crippen LogP contribution is -1.92. The first-order chi connectivity index (χ1) is 7.68. The number of nitrogens with zero attached hydrogens (tertiary/aromatic N) is 2. The van der Waals surface area contributed by atoms with Crippen molar-refractivity contribution in [1.82, 2.24) is 9.97 Å². The Bertz CT molecular complexity index is 524. The van der Waals surface area contributed by atoms with Crippen molar-refractivity contribution in [1.29, 1.82) is 0 Å². The second-order valence-corrected chi connectivity index (χ2v) is 5.13. The molecule has 0 saturated carbocycles. The van der Waals surface area contributed by atoms with Gasteiger partial charge in [0.2, 0.25) is 5.88 Å². The second-order valence-electron chi connectivity index (χ2n) is 2.82. The Hall–Kier alpha value is -0.400. The van der Waals surface area contributed by atoms with Gasteiger partial charge >= 0.3 is 0 Å². The number of hydrogen-bond donors (Lipinski definition) is 0. The highest BCUT2D eigenvalue weighted by molar-refractivity contribution is 14.1. The van der Waals surface area contributed by atoms with E-state index >= 15 is 0 Å². The Balaban J connectivity index is 2.35. The molecule has 1 aromatic heterocycles. The van der Waals surface area contributed by atoms with Crippen LogP contribution >= 0.6 is 50.1 Å². The minimum Gasteiger partial charge on any atom is -0.437 e. The molecule has 16 heavy (non-hydrogen) atoms. The molecule has 0 aliphatic carbocycles. The highest BCUT2D eigenvalue weighted by Gasteiger charge is 2.10. The number of halogens is 3. The van der Waals surface area contributed by atoms with Gasteiger partial charge in [-0.15, -0.1) is 0 Å². The van der Waals surface area contributed by atoms with Gasteiger partial charge in [0, 0.05) is 0 Å². The van der Waals surface area contributed by atoms with E-state index in [1.807, 2.05) is 24.3 Å². The Kier molecular flexibility index (Phi) is 3.99. The summed E-state index contributed by atoms with van der Waals surface area (Å²) in [6, 6.07) is 7.65. The summed E-state index contributed by atoms with van der Waals surface area (Å²) in [4.78, 5) is 7.84. The average Bonchev–Trinajstić information content (AvgIpc) is 2.28. The highest BCUT2D eigenvalue weighted by atomic mass is 127. The maximum atomic E-state index is 5.84. The van der Waals surface area contributed by atoms with Gasteiger partial charge in [-0.1, -0.05) is 23.7 Å². The molecule has 0 bridgehead atoms. The zero-order chi connectivity index (χ0) is 11.5. The fourth-order valence-corrected chi connectivity index (χ4v) is 1.94. The molecule has 2 aromatic rings. The molecule has 82 valence electrons. The molecule has 0 fully saturated rings. The van der Waals surface area contributed by atoms with E-state index in [4.69, 9.17) is 16.3 Å². The molecule has 0 saturated heterocycles. The lowest BCUT2D eigenvalue weighted by atomic mass is 10.3. The van der Waals surface area contributed by atoms with Crippen molar-refractivity contribution in [2.24, 2.45) is 0 Å². The highest BCUT2D eigenvalue weighted by Crippen LogP contribution is 2.33. The van der Waals surface area contributed by atoms with Gasteiger partial charge in [0.1, 0.15) is 16.5 Å². The monoisotopic (exact) mass is 410 g/mol.